The summed E-state index contributed by atoms with van der Waals surface area (Å²) in [4.78, 5) is 21.2. The molecule has 0 aliphatic heterocycles. The number of amides is 1. The Kier molecular flexibility index (Phi) is 5.60. The number of halogens is 2. The van der Waals surface area contributed by atoms with Gasteiger partial charge in [0.15, 0.2) is 11.6 Å². The van der Waals surface area contributed by atoms with Crippen molar-refractivity contribution in [2.45, 2.75) is 57.2 Å². The van der Waals surface area contributed by atoms with Crippen LogP contribution in [0.5, 0.6) is 0 Å². The highest BCUT2D eigenvalue weighted by molar-refractivity contribution is 5.68. The molecule has 2 aromatic rings. The van der Waals surface area contributed by atoms with E-state index < -0.39 is 41.3 Å². The molecule has 3 N–H and O–H groups in total. The summed E-state index contributed by atoms with van der Waals surface area (Å²) < 4.78 is 33.8. The van der Waals surface area contributed by atoms with Crippen LogP contribution in [0.25, 0.3) is 0 Å². The molecule has 0 bridgehead atoms. The van der Waals surface area contributed by atoms with E-state index in [4.69, 9.17) is 10.5 Å². The SMILES string of the molecule is CC(C)(C)OC(=O)N[C@@H]1c2nccnc2[C@H](N)CC[C@H]1c1cccc(F)c1F. The van der Waals surface area contributed by atoms with Crippen LogP contribution in [-0.2, 0) is 4.74 Å². The highest BCUT2D eigenvalue weighted by Crippen LogP contribution is 2.42. The van der Waals surface area contributed by atoms with Crippen molar-refractivity contribution >= 4 is 6.09 Å². The zero-order valence-electron chi connectivity index (χ0n) is 16.1. The number of fused-ring (bicyclic) bond motifs is 1. The smallest absolute Gasteiger partial charge is 0.408 e. The minimum atomic E-state index is -0.943. The summed E-state index contributed by atoms with van der Waals surface area (Å²) >= 11 is 0. The Hall–Kier alpha value is -2.61. The van der Waals surface area contributed by atoms with Crippen molar-refractivity contribution in [2.75, 3.05) is 0 Å². The molecule has 1 amide bonds. The van der Waals surface area contributed by atoms with Gasteiger partial charge in [-0.3, -0.25) is 9.97 Å². The molecular formula is C20H24F2N4O2. The number of ether oxygens (including phenoxy) is 1. The van der Waals surface area contributed by atoms with E-state index in [1.165, 1.54) is 24.5 Å². The number of carbonyl (C=O) groups is 1. The van der Waals surface area contributed by atoms with Crippen LogP contribution in [0.15, 0.2) is 30.6 Å². The molecule has 1 aliphatic carbocycles. The summed E-state index contributed by atoms with van der Waals surface area (Å²) in [7, 11) is 0. The zero-order chi connectivity index (χ0) is 20.5. The summed E-state index contributed by atoms with van der Waals surface area (Å²) in [5.41, 5.74) is 6.65. The first-order chi connectivity index (χ1) is 13.2. The van der Waals surface area contributed by atoms with Gasteiger partial charge in [-0.15, -0.1) is 0 Å². The Morgan fingerprint density at radius 1 is 1.18 bits per heavy atom. The molecule has 0 fully saturated rings. The van der Waals surface area contributed by atoms with Crippen LogP contribution >= 0.6 is 0 Å². The number of nitrogens with one attached hydrogen (secondary N) is 1. The second-order valence-corrected chi connectivity index (χ2v) is 7.88. The summed E-state index contributed by atoms with van der Waals surface area (Å²) in [6, 6.07) is 2.84. The Morgan fingerprint density at radius 3 is 2.54 bits per heavy atom. The quantitative estimate of drug-likeness (QED) is 0.759. The van der Waals surface area contributed by atoms with Crippen molar-refractivity contribution < 1.29 is 18.3 Å². The molecule has 0 saturated heterocycles. The van der Waals surface area contributed by atoms with E-state index in [1.54, 1.807) is 20.8 Å². The van der Waals surface area contributed by atoms with Crippen LogP contribution in [0, 0.1) is 11.6 Å². The Bertz CT molecular complexity index is 870. The number of nitrogens with zero attached hydrogens (tertiary/aromatic N) is 2. The fraction of sp³-hybridized carbons (Fsp3) is 0.450. The first-order valence-electron chi connectivity index (χ1n) is 9.17. The predicted molar refractivity (Wildman–Crippen MR) is 99.4 cm³/mol. The number of carbonyl (C=O) groups excluding carboxylic acids is 1. The molecule has 0 spiro atoms. The lowest BCUT2D eigenvalue weighted by atomic mass is 9.86. The van der Waals surface area contributed by atoms with Gasteiger partial charge in [-0.25, -0.2) is 13.6 Å². The molecule has 3 rings (SSSR count). The molecule has 1 aromatic carbocycles. The normalized spacial score (nSPS) is 22.1. The summed E-state index contributed by atoms with van der Waals surface area (Å²) in [5, 5.41) is 2.78. The average molecular weight is 390 g/mol. The second-order valence-electron chi connectivity index (χ2n) is 7.88. The maximum atomic E-state index is 14.6. The molecule has 150 valence electrons. The van der Waals surface area contributed by atoms with Crippen molar-refractivity contribution in [1.29, 1.82) is 0 Å². The number of hydrogen-bond donors (Lipinski definition) is 2. The van der Waals surface area contributed by atoms with Crippen LogP contribution in [-0.4, -0.2) is 21.7 Å². The third kappa shape index (κ3) is 4.27. The lowest BCUT2D eigenvalue weighted by molar-refractivity contribution is 0.0493. The van der Waals surface area contributed by atoms with Crippen molar-refractivity contribution in [3.8, 4) is 0 Å². The second kappa shape index (κ2) is 7.79. The molecule has 28 heavy (non-hydrogen) atoms. The minimum absolute atomic E-state index is 0.159. The maximum Gasteiger partial charge on any atom is 0.408 e. The molecule has 1 aromatic heterocycles. The Labute approximate surface area is 162 Å². The minimum Gasteiger partial charge on any atom is -0.444 e. The molecule has 1 aliphatic rings. The number of alkyl carbamates (subject to hydrolysis) is 1. The number of aromatic nitrogens is 2. The number of hydrogen-bond acceptors (Lipinski definition) is 5. The highest BCUT2D eigenvalue weighted by Gasteiger charge is 2.37. The fourth-order valence-electron chi connectivity index (χ4n) is 3.48. The van der Waals surface area contributed by atoms with Crippen molar-refractivity contribution in [2.24, 2.45) is 5.73 Å². The molecule has 0 unspecified atom stereocenters. The first kappa shape index (κ1) is 20.1. The van der Waals surface area contributed by atoms with Gasteiger partial charge in [0.1, 0.15) is 5.60 Å². The van der Waals surface area contributed by atoms with E-state index in [0.717, 1.165) is 6.07 Å². The monoisotopic (exact) mass is 390 g/mol. The molecular weight excluding hydrogens is 366 g/mol. The van der Waals surface area contributed by atoms with Crippen molar-refractivity contribution in [3.63, 3.8) is 0 Å². The lowest BCUT2D eigenvalue weighted by Gasteiger charge is -2.29. The van der Waals surface area contributed by atoms with Gasteiger partial charge in [-0.2, -0.15) is 0 Å². The topological polar surface area (TPSA) is 90.1 Å². The molecule has 6 nitrogen and oxygen atoms in total. The van der Waals surface area contributed by atoms with Crippen molar-refractivity contribution in [3.05, 3.63) is 59.2 Å². The highest BCUT2D eigenvalue weighted by atomic mass is 19.2. The fourth-order valence-corrected chi connectivity index (χ4v) is 3.48. The van der Waals surface area contributed by atoms with Gasteiger partial charge in [0, 0.05) is 24.4 Å². The third-order valence-electron chi connectivity index (χ3n) is 4.65. The predicted octanol–water partition coefficient (Wildman–Crippen LogP) is 3.90. The summed E-state index contributed by atoms with van der Waals surface area (Å²) in [5.74, 6) is -2.46. The van der Waals surface area contributed by atoms with Gasteiger partial charge >= 0.3 is 6.09 Å². The molecule has 0 radical (unpaired) electrons. The van der Waals surface area contributed by atoms with Crippen LogP contribution in [0.1, 0.15) is 68.6 Å². The Morgan fingerprint density at radius 2 is 1.86 bits per heavy atom. The van der Waals surface area contributed by atoms with Crippen LogP contribution in [0.2, 0.25) is 0 Å². The molecule has 1 heterocycles. The van der Waals surface area contributed by atoms with Gasteiger partial charge in [-0.05, 0) is 45.2 Å². The van der Waals surface area contributed by atoms with E-state index in [9.17, 15) is 13.6 Å². The maximum absolute atomic E-state index is 14.6. The molecule has 0 saturated carbocycles. The number of benzene rings is 1. The third-order valence-corrected chi connectivity index (χ3v) is 4.65. The van der Waals surface area contributed by atoms with Crippen LogP contribution in [0.4, 0.5) is 13.6 Å². The lowest BCUT2D eigenvalue weighted by Crippen LogP contribution is -2.38. The first-order valence-corrected chi connectivity index (χ1v) is 9.17. The zero-order valence-corrected chi connectivity index (χ0v) is 16.1. The molecule has 3 atom stereocenters. The van der Waals surface area contributed by atoms with Gasteiger partial charge < -0.3 is 15.8 Å². The van der Waals surface area contributed by atoms with Gasteiger partial charge in [0.2, 0.25) is 0 Å². The summed E-state index contributed by atoms with van der Waals surface area (Å²) in [6.07, 6.45) is 3.23. The average Bonchev–Trinajstić information content (AvgIpc) is 2.74. The van der Waals surface area contributed by atoms with E-state index in [2.05, 4.69) is 15.3 Å². The van der Waals surface area contributed by atoms with E-state index >= 15 is 0 Å². The van der Waals surface area contributed by atoms with E-state index in [-0.39, 0.29) is 5.56 Å². The molecule has 8 heteroatoms. The largest absolute Gasteiger partial charge is 0.444 e. The number of rotatable bonds is 2. The van der Waals surface area contributed by atoms with Gasteiger partial charge in [0.05, 0.1) is 17.4 Å². The van der Waals surface area contributed by atoms with Gasteiger partial charge in [-0.1, -0.05) is 12.1 Å². The standard InChI is InChI=1S/C20H24F2N4O2/c1-20(2,3)28-19(27)26-16-12(11-5-4-6-13(21)15(11)22)7-8-14(23)17-18(16)25-10-9-24-17/h4-6,9-10,12,14,16H,7-8,23H2,1-3H3,(H,26,27)/t12-,14+,16-/m0/s1. The Balaban J connectivity index is 2.06. The van der Waals surface area contributed by atoms with E-state index in [0.29, 0.717) is 24.2 Å². The van der Waals surface area contributed by atoms with E-state index in [1.807, 2.05) is 0 Å². The van der Waals surface area contributed by atoms with Crippen LogP contribution < -0.4 is 11.1 Å². The summed E-state index contributed by atoms with van der Waals surface area (Å²) in [6.45, 7) is 5.23. The van der Waals surface area contributed by atoms with Gasteiger partial charge in [0.25, 0.3) is 0 Å². The van der Waals surface area contributed by atoms with Crippen molar-refractivity contribution in [1.82, 2.24) is 15.3 Å². The number of nitrogens with two attached hydrogens (primary N) is 1. The van der Waals surface area contributed by atoms with Crippen LogP contribution in [0.3, 0.4) is 0 Å².